The molecule has 520 valence electrons. The van der Waals surface area contributed by atoms with Crippen molar-refractivity contribution >= 4 is 105 Å². The van der Waals surface area contributed by atoms with E-state index in [4.69, 9.17) is 6.99 Å². The van der Waals surface area contributed by atoms with Gasteiger partial charge in [0.1, 0.15) is 11.5 Å². The van der Waals surface area contributed by atoms with Gasteiger partial charge in [-0.05, 0) is 187 Å². The minimum atomic E-state index is -0.415. The maximum Gasteiger partial charge on any atom is 0.138 e. The van der Waals surface area contributed by atoms with Crippen molar-refractivity contribution in [2.24, 2.45) is 17.8 Å². The SMILES string of the molecule is CC(C)c1cccc(C(C)C)c1[N]=[Mo]=[CH]C(C)(C)C.CC(C)c1cccc(C(C)C)c1[N]=[Mo]=[CH]C(C)(C)C.Cc1c(Br)cc2c(c1-c1c(O)c(Br)cc3c1CCCC3)CCCC2.Cc1c(Br)cc2ccccc2c1-c1c(O)c(Br)cc2ccccc12.Cc1ccc(C)[n-]1.c1cc[n-]c1. The summed E-state index contributed by atoms with van der Waals surface area (Å²) in [6, 6.07) is 46.1. The van der Waals surface area contributed by atoms with Gasteiger partial charge in [-0.2, -0.15) is 23.8 Å². The number of hydrogen-bond acceptors (Lipinski definition) is 4. The van der Waals surface area contributed by atoms with Crippen LogP contribution in [0.1, 0.15) is 213 Å². The van der Waals surface area contributed by atoms with E-state index in [2.05, 4.69) is 272 Å². The Hall–Kier alpha value is -4.92. The summed E-state index contributed by atoms with van der Waals surface area (Å²) < 4.78 is 18.6. The molecule has 0 aliphatic heterocycles. The summed E-state index contributed by atoms with van der Waals surface area (Å²) in [6.45, 7) is 39.8. The molecule has 2 aromatic heterocycles. The van der Waals surface area contributed by atoms with Gasteiger partial charge >= 0.3 is 253 Å². The average molecular weight is 1740 g/mol. The van der Waals surface area contributed by atoms with E-state index in [1.54, 1.807) is 12.4 Å². The van der Waals surface area contributed by atoms with Crippen LogP contribution in [-0.4, -0.2) is 19.0 Å². The van der Waals surface area contributed by atoms with Gasteiger partial charge in [0.15, 0.2) is 0 Å². The van der Waals surface area contributed by atoms with Gasteiger partial charge in [-0.1, -0.05) is 119 Å². The Balaban J connectivity index is 0.000000174. The van der Waals surface area contributed by atoms with Gasteiger partial charge in [0, 0.05) is 20.1 Å². The van der Waals surface area contributed by atoms with E-state index >= 15 is 0 Å². The molecule has 0 unspecified atom stereocenters. The molecule has 0 amide bonds. The predicted octanol–water partition coefficient (Wildman–Crippen LogP) is 27.1. The summed E-state index contributed by atoms with van der Waals surface area (Å²) in [5.74, 6) is 2.86. The third kappa shape index (κ3) is 22.0. The maximum atomic E-state index is 11.0. The normalized spacial score (nSPS) is 12.5. The third-order valence-corrected chi connectivity index (χ3v) is 25.6. The molecule has 2 aliphatic carbocycles. The second-order valence-electron chi connectivity index (χ2n) is 29.1. The molecule has 6 nitrogen and oxygen atoms in total. The Morgan fingerprint density at radius 2 is 0.776 bits per heavy atom. The van der Waals surface area contributed by atoms with E-state index in [0.29, 0.717) is 33.9 Å². The van der Waals surface area contributed by atoms with Crippen molar-refractivity contribution in [3.63, 3.8) is 0 Å². The van der Waals surface area contributed by atoms with Crippen LogP contribution >= 0.6 is 63.7 Å². The van der Waals surface area contributed by atoms with Crippen LogP contribution in [0.5, 0.6) is 11.5 Å². The van der Waals surface area contributed by atoms with Crippen LogP contribution in [0.3, 0.4) is 0 Å². The Morgan fingerprint density at radius 3 is 1.17 bits per heavy atom. The summed E-state index contributed by atoms with van der Waals surface area (Å²) in [5.41, 5.74) is 23.3. The van der Waals surface area contributed by atoms with Crippen molar-refractivity contribution in [2.75, 3.05) is 0 Å². The molecule has 2 N–H and O–H groups in total. The van der Waals surface area contributed by atoms with Crippen molar-refractivity contribution in [1.29, 1.82) is 0 Å². The largest absolute Gasteiger partial charge is 0.670 e. The van der Waals surface area contributed by atoms with Gasteiger partial charge in [0.25, 0.3) is 0 Å². The number of halogens is 4. The third-order valence-electron chi connectivity index (χ3n) is 17.3. The number of rotatable bonds is 8. The monoisotopic (exact) mass is 1730 g/mol. The second-order valence-corrected chi connectivity index (χ2v) is 35.6. The van der Waals surface area contributed by atoms with Crippen molar-refractivity contribution in [3.05, 3.63) is 231 Å². The number of phenols is 2. The number of benzene rings is 8. The minimum absolute atomic E-state index is 0.278. The van der Waals surface area contributed by atoms with E-state index in [1.807, 2.05) is 68.4 Å². The Kier molecular flexibility index (Phi) is 30.6. The number of aromatic hydroxyl groups is 2. The Bertz CT molecular complexity index is 4140. The average Bonchev–Trinajstić information content (AvgIpc) is 0.770. The van der Waals surface area contributed by atoms with Gasteiger partial charge in [-0.3, -0.25) is 0 Å². The molecule has 8 aromatic carbocycles. The van der Waals surface area contributed by atoms with Gasteiger partial charge in [-0.25, -0.2) is 0 Å². The van der Waals surface area contributed by atoms with E-state index in [9.17, 15) is 10.2 Å². The standard InChI is InChI=1S/C21H22Br2O.C21H14Br2O.2C12H17N.C6H8N.2C5H10.C4H4N.2Mo/c2*1-12-17(22)10-13-6-2-4-8-15(13)19(12)20-16-9-5-3-7-14(16)11-18(23)21(20)24;2*1-8(2)10-6-5-7-11(9(3)4)12(10)13;1-5-3-4-6(2)7-5;2*1-5(2,3)4;1-2-4-5-3-1;;/h10-11,24H,2-9H2,1H3;2-11,24H,1H3;2*5-9H,1-4H3;3-4H,1-2H3;2*1H,2-4H3;1-4H;;/q;;;;-1;;;-1;;. The first-order valence-electron chi connectivity index (χ1n) is 34.6. The number of fused-ring (bicyclic) bond motifs is 4. The van der Waals surface area contributed by atoms with Gasteiger partial charge < -0.3 is 20.2 Å². The second kappa shape index (κ2) is 37.3. The molecule has 98 heavy (non-hydrogen) atoms. The van der Waals surface area contributed by atoms with Gasteiger partial charge in [-0.15, -0.1) is 0 Å². The first kappa shape index (κ1) is 80.4. The number of nitrogens with zero attached hydrogens (tertiary/aromatic N) is 4. The molecule has 0 bridgehead atoms. The van der Waals surface area contributed by atoms with Crippen LogP contribution in [0.4, 0.5) is 11.4 Å². The zero-order chi connectivity index (χ0) is 71.8. The van der Waals surface area contributed by atoms with Crippen LogP contribution in [0.25, 0.3) is 43.8 Å². The number of hydrogen-bond donors (Lipinski definition) is 2. The van der Waals surface area contributed by atoms with Crippen LogP contribution in [-0.2, 0) is 61.5 Å². The molecule has 2 aliphatic rings. The van der Waals surface area contributed by atoms with Crippen LogP contribution < -0.4 is 9.97 Å². The van der Waals surface area contributed by atoms with E-state index in [1.165, 1.54) is 97.2 Å². The van der Waals surface area contributed by atoms with Crippen molar-refractivity contribution in [2.45, 2.75) is 200 Å². The molecular formula is C86H102Br4Mo2N4O2-2. The van der Waals surface area contributed by atoms with Crippen molar-refractivity contribution in [1.82, 2.24) is 9.97 Å². The maximum absolute atomic E-state index is 11.0. The molecule has 0 atom stereocenters. The molecule has 12 heteroatoms. The summed E-state index contributed by atoms with van der Waals surface area (Å²) in [5, 5.41) is 26.2. The van der Waals surface area contributed by atoms with Crippen LogP contribution in [0.2, 0.25) is 0 Å². The van der Waals surface area contributed by atoms with Gasteiger partial charge in [0.05, 0.1) is 8.95 Å². The van der Waals surface area contributed by atoms with E-state index in [-0.39, 0.29) is 16.6 Å². The summed E-state index contributed by atoms with van der Waals surface area (Å²) in [4.78, 5) is 7.83. The first-order chi connectivity index (χ1) is 46.4. The zero-order valence-corrected chi connectivity index (χ0v) is 71.3. The predicted molar refractivity (Wildman–Crippen MR) is 429 cm³/mol. The van der Waals surface area contributed by atoms with Gasteiger partial charge in [0.2, 0.25) is 0 Å². The molecule has 0 saturated heterocycles. The van der Waals surface area contributed by atoms with Crippen molar-refractivity contribution < 1.29 is 46.1 Å². The molecule has 0 radical (unpaired) electrons. The smallest absolute Gasteiger partial charge is 0.138 e. The zero-order valence-electron chi connectivity index (χ0n) is 61.0. The molecule has 0 spiro atoms. The fraction of sp³-hybridized carbons (Fsp3) is 0.372. The molecule has 0 fully saturated rings. The molecule has 12 rings (SSSR count). The number of phenolic OH excluding ortho intramolecular Hbond substituents is 2. The molecule has 0 saturated carbocycles. The quantitative estimate of drug-likeness (QED) is 0.148. The minimum Gasteiger partial charge on any atom is -0.670 e. The van der Waals surface area contributed by atoms with E-state index in [0.717, 1.165) is 89.8 Å². The topological polar surface area (TPSA) is 93.4 Å². The Morgan fingerprint density at radius 1 is 0.418 bits per heavy atom. The van der Waals surface area contributed by atoms with Crippen LogP contribution in [0.15, 0.2) is 171 Å². The summed E-state index contributed by atoms with van der Waals surface area (Å²) in [6.07, 6.45) is 13.0. The summed E-state index contributed by atoms with van der Waals surface area (Å²) >= 11 is 13.7. The molecule has 2 heterocycles. The van der Waals surface area contributed by atoms with E-state index < -0.39 is 35.8 Å². The molecule has 10 aromatic rings. The van der Waals surface area contributed by atoms with Crippen LogP contribution in [0, 0.1) is 38.5 Å². The fourth-order valence-electron chi connectivity index (χ4n) is 12.3. The first-order valence-corrected chi connectivity index (χ1v) is 41.9. The number of aryl methyl sites for hydroxylation is 4. The fourth-order valence-corrected chi connectivity index (χ4v) is 17.5. The Labute approximate surface area is 637 Å². The molecular weight excluding hydrogens is 1630 g/mol. The van der Waals surface area contributed by atoms with Crippen molar-refractivity contribution in [3.8, 4) is 33.8 Å². The summed E-state index contributed by atoms with van der Waals surface area (Å²) in [7, 11) is 0. The number of aromatic nitrogens is 2.